The topological polar surface area (TPSA) is 82.9 Å². The molecular formula is C32H37N3O5. The molecule has 1 aromatic heterocycles. The zero-order valence-electron chi connectivity index (χ0n) is 24.0. The molecule has 0 bridgehead atoms. The molecular weight excluding hydrogens is 506 g/mol. The van der Waals surface area contributed by atoms with Crippen LogP contribution in [0.3, 0.4) is 0 Å². The second kappa shape index (κ2) is 12.7. The smallest absolute Gasteiger partial charge is 0.266 e. The minimum absolute atomic E-state index is 0.198. The summed E-state index contributed by atoms with van der Waals surface area (Å²) in [7, 11) is 3.10. The molecule has 40 heavy (non-hydrogen) atoms. The number of rotatable bonds is 11. The summed E-state index contributed by atoms with van der Waals surface area (Å²) >= 11 is 0. The highest BCUT2D eigenvalue weighted by atomic mass is 16.5. The summed E-state index contributed by atoms with van der Waals surface area (Å²) in [6.45, 7) is 9.09. The first-order chi connectivity index (χ1) is 19.3. The summed E-state index contributed by atoms with van der Waals surface area (Å²) in [5.74, 6) is 2.39. The Balaban J connectivity index is 1.88. The quantitative estimate of drug-likeness (QED) is 0.229. The van der Waals surface area contributed by atoms with Gasteiger partial charge in [0.05, 0.1) is 43.5 Å². The molecule has 0 radical (unpaired) electrons. The number of amides is 1. The number of nitrogens with zero attached hydrogens (tertiary/aromatic N) is 3. The third-order valence-corrected chi connectivity index (χ3v) is 6.86. The number of ether oxygens (including phenoxy) is 3. The molecule has 0 N–H and O–H groups in total. The molecule has 8 heteroatoms. The van der Waals surface area contributed by atoms with Crippen molar-refractivity contribution < 1.29 is 19.0 Å². The van der Waals surface area contributed by atoms with Crippen molar-refractivity contribution in [1.29, 1.82) is 0 Å². The Bertz CT molecular complexity index is 1510. The van der Waals surface area contributed by atoms with Crippen molar-refractivity contribution in [3.8, 4) is 22.9 Å². The number of carbonyl (C=O) groups is 1. The van der Waals surface area contributed by atoms with E-state index < -0.39 is 6.04 Å². The van der Waals surface area contributed by atoms with Crippen molar-refractivity contribution >= 4 is 16.8 Å². The monoisotopic (exact) mass is 543 g/mol. The lowest BCUT2D eigenvalue weighted by atomic mass is 10.1. The van der Waals surface area contributed by atoms with E-state index in [-0.39, 0.29) is 11.5 Å². The molecule has 0 aliphatic rings. The molecule has 0 saturated carbocycles. The van der Waals surface area contributed by atoms with Crippen molar-refractivity contribution in [2.75, 3.05) is 27.4 Å². The van der Waals surface area contributed by atoms with Crippen LogP contribution >= 0.6 is 0 Å². The minimum Gasteiger partial charge on any atom is -0.497 e. The van der Waals surface area contributed by atoms with Crippen LogP contribution in [-0.4, -0.2) is 47.7 Å². The number of aromatic nitrogens is 2. The largest absolute Gasteiger partial charge is 0.497 e. The van der Waals surface area contributed by atoms with Crippen LogP contribution in [0.25, 0.3) is 16.6 Å². The van der Waals surface area contributed by atoms with Gasteiger partial charge in [0, 0.05) is 18.2 Å². The average Bonchev–Trinajstić information content (AvgIpc) is 2.97. The third-order valence-electron chi connectivity index (χ3n) is 6.86. The Hall–Kier alpha value is -4.33. The molecule has 3 aromatic carbocycles. The van der Waals surface area contributed by atoms with E-state index in [0.717, 1.165) is 6.42 Å². The molecule has 4 aromatic rings. The van der Waals surface area contributed by atoms with Gasteiger partial charge in [0.15, 0.2) is 0 Å². The molecule has 210 valence electrons. The SMILES string of the molecule is CCOc1ccc(-n2c(C(C)N(CCC(C)C)C(=O)c3cc(OC)cc(OC)c3)nc3ccccc3c2=O)cc1. The highest BCUT2D eigenvalue weighted by Gasteiger charge is 2.28. The van der Waals surface area contributed by atoms with Crippen molar-refractivity contribution in [2.45, 2.75) is 40.2 Å². The number of hydrogen-bond acceptors (Lipinski definition) is 6. The Morgan fingerprint density at radius 2 is 1.57 bits per heavy atom. The van der Waals surface area contributed by atoms with Gasteiger partial charge in [-0.1, -0.05) is 26.0 Å². The summed E-state index contributed by atoms with van der Waals surface area (Å²) in [5.41, 5.74) is 1.46. The minimum atomic E-state index is -0.535. The summed E-state index contributed by atoms with van der Waals surface area (Å²) in [6.07, 6.45) is 0.776. The number of carbonyl (C=O) groups excluding carboxylic acids is 1. The second-order valence-corrected chi connectivity index (χ2v) is 10.0. The molecule has 1 amide bonds. The van der Waals surface area contributed by atoms with E-state index >= 15 is 0 Å². The fraction of sp³-hybridized carbons (Fsp3) is 0.344. The third kappa shape index (κ3) is 6.11. The van der Waals surface area contributed by atoms with Gasteiger partial charge < -0.3 is 19.1 Å². The van der Waals surface area contributed by atoms with Gasteiger partial charge in [-0.05, 0) is 74.7 Å². The van der Waals surface area contributed by atoms with Gasteiger partial charge >= 0.3 is 0 Å². The molecule has 0 fully saturated rings. The Morgan fingerprint density at radius 1 is 0.925 bits per heavy atom. The van der Waals surface area contributed by atoms with Crippen LogP contribution in [0, 0.1) is 5.92 Å². The van der Waals surface area contributed by atoms with Gasteiger partial charge in [0.1, 0.15) is 23.1 Å². The van der Waals surface area contributed by atoms with Crippen molar-refractivity contribution in [3.63, 3.8) is 0 Å². The maximum absolute atomic E-state index is 14.1. The molecule has 0 saturated heterocycles. The summed E-state index contributed by atoms with van der Waals surface area (Å²) in [4.78, 5) is 34.7. The number of methoxy groups -OCH3 is 2. The molecule has 0 aliphatic carbocycles. The lowest BCUT2D eigenvalue weighted by Gasteiger charge is -2.31. The maximum atomic E-state index is 14.1. The number of fused-ring (bicyclic) bond motifs is 1. The number of para-hydroxylation sites is 1. The van der Waals surface area contributed by atoms with Gasteiger partial charge in [-0.25, -0.2) is 4.98 Å². The van der Waals surface area contributed by atoms with Gasteiger partial charge in [-0.2, -0.15) is 0 Å². The van der Waals surface area contributed by atoms with E-state index in [1.54, 1.807) is 48.0 Å². The van der Waals surface area contributed by atoms with Crippen molar-refractivity contribution in [3.05, 3.63) is 88.5 Å². The number of benzene rings is 3. The summed E-state index contributed by atoms with van der Waals surface area (Å²) < 4.78 is 18.1. The Kier molecular flexibility index (Phi) is 9.09. The number of hydrogen-bond donors (Lipinski definition) is 0. The van der Waals surface area contributed by atoms with E-state index in [0.29, 0.717) is 64.3 Å². The van der Waals surface area contributed by atoms with Gasteiger partial charge in [-0.15, -0.1) is 0 Å². The second-order valence-electron chi connectivity index (χ2n) is 10.0. The Labute approximate surface area is 235 Å². The van der Waals surface area contributed by atoms with Crippen LogP contribution in [-0.2, 0) is 0 Å². The summed E-state index contributed by atoms with van der Waals surface area (Å²) in [6, 6.07) is 19.2. The van der Waals surface area contributed by atoms with Crippen molar-refractivity contribution in [1.82, 2.24) is 14.5 Å². The highest BCUT2D eigenvalue weighted by molar-refractivity contribution is 5.95. The first-order valence-corrected chi connectivity index (χ1v) is 13.6. The lowest BCUT2D eigenvalue weighted by molar-refractivity contribution is 0.0670. The van der Waals surface area contributed by atoms with Gasteiger partial charge in [0.25, 0.3) is 11.5 Å². The molecule has 0 spiro atoms. The molecule has 8 nitrogen and oxygen atoms in total. The van der Waals surface area contributed by atoms with E-state index in [4.69, 9.17) is 19.2 Å². The van der Waals surface area contributed by atoms with Crippen LogP contribution in [0.15, 0.2) is 71.5 Å². The zero-order chi connectivity index (χ0) is 28.8. The van der Waals surface area contributed by atoms with Gasteiger partial charge in [0.2, 0.25) is 0 Å². The van der Waals surface area contributed by atoms with Crippen LogP contribution in [0.5, 0.6) is 17.2 Å². The zero-order valence-corrected chi connectivity index (χ0v) is 24.0. The average molecular weight is 544 g/mol. The predicted octanol–water partition coefficient (Wildman–Crippen LogP) is 6.05. The van der Waals surface area contributed by atoms with Crippen LogP contribution in [0.4, 0.5) is 0 Å². The fourth-order valence-corrected chi connectivity index (χ4v) is 4.64. The van der Waals surface area contributed by atoms with Crippen LogP contribution in [0.1, 0.15) is 56.3 Å². The molecule has 0 aliphatic heterocycles. The van der Waals surface area contributed by atoms with E-state index in [1.807, 2.05) is 56.3 Å². The lowest BCUT2D eigenvalue weighted by Crippen LogP contribution is -2.38. The molecule has 1 unspecified atom stereocenters. The Morgan fingerprint density at radius 3 is 2.17 bits per heavy atom. The summed E-state index contributed by atoms with van der Waals surface area (Å²) in [5, 5.41) is 0.505. The van der Waals surface area contributed by atoms with E-state index in [1.165, 1.54) is 0 Å². The van der Waals surface area contributed by atoms with E-state index in [9.17, 15) is 9.59 Å². The van der Waals surface area contributed by atoms with Crippen LogP contribution < -0.4 is 19.8 Å². The first kappa shape index (κ1) is 28.7. The maximum Gasteiger partial charge on any atom is 0.266 e. The molecule has 1 heterocycles. The van der Waals surface area contributed by atoms with Crippen LogP contribution in [0.2, 0.25) is 0 Å². The molecule has 4 rings (SSSR count). The van der Waals surface area contributed by atoms with Crippen molar-refractivity contribution in [2.24, 2.45) is 5.92 Å². The standard InChI is InChI=1S/C32H37N3O5/c1-7-40-25-14-12-24(13-15-25)35-30(33-29-11-9-8-10-28(29)32(35)37)22(4)34(17-16-21(2)3)31(36)23-18-26(38-5)20-27(19-23)39-6/h8-15,18-22H,7,16-17H2,1-6H3. The highest BCUT2D eigenvalue weighted by Crippen LogP contribution is 2.29. The van der Waals surface area contributed by atoms with Gasteiger partial charge in [-0.3, -0.25) is 14.2 Å². The normalized spacial score (nSPS) is 11.9. The van der Waals surface area contributed by atoms with E-state index in [2.05, 4.69) is 13.8 Å². The predicted molar refractivity (Wildman–Crippen MR) is 157 cm³/mol. The molecule has 1 atom stereocenters. The fourth-order valence-electron chi connectivity index (χ4n) is 4.64. The first-order valence-electron chi connectivity index (χ1n) is 13.6.